The molecule has 0 amide bonds. The Morgan fingerprint density at radius 1 is 1.03 bits per heavy atom. The summed E-state index contributed by atoms with van der Waals surface area (Å²) in [6.45, 7) is 3.48. The van der Waals surface area contributed by atoms with E-state index < -0.39 is 0 Å². The van der Waals surface area contributed by atoms with Gasteiger partial charge in [-0.15, -0.1) is 0 Å². The van der Waals surface area contributed by atoms with Gasteiger partial charge in [0.1, 0.15) is 5.75 Å². The predicted molar refractivity (Wildman–Crippen MR) is 139 cm³/mol. The SMILES string of the molecule is COc1cc(Cl)ccc1N1CCN(C(C(=O)C2CCCCC2)C2CCc3ccccc3N2)CC1. The van der Waals surface area contributed by atoms with Gasteiger partial charge in [-0.05, 0) is 49.4 Å². The van der Waals surface area contributed by atoms with Gasteiger partial charge in [0.25, 0.3) is 0 Å². The molecule has 3 aliphatic rings. The van der Waals surface area contributed by atoms with Crippen molar-refractivity contribution in [3.05, 3.63) is 53.1 Å². The highest BCUT2D eigenvalue weighted by atomic mass is 35.5. The first-order valence-electron chi connectivity index (χ1n) is 12.8. The summed E-state index contributed by atoms with van der Waals surface area (Å²) < 4.78 is 5.60. The summed E-state index contributed by atoms with van der Waals surface area (Å²) in [5, 5.41) is 4.45. The van der Waals surface area contributed by atoms with Gasteiger partial charge in [-0.1, -0.05) is 49.1 Å². The largest absolute Gasteiger partial charge is 0.495 e. The number of ketones is 1. The maximum Gasteiger partial charge on any atom is 0.155 e. The molecular weight excluding hydrogens is 446 g/mol. The van der Waals surface area contributed by atoms with E-state index in [1.807, 2.05) is 18.2 Å². The number of aryl methyl sites for hydroxylation is 1. The highest BCUT2D eigenvalue weighted by Gasteiger charge is 2.40. The lowest BCUT2D eigenvalue weighted by atomic mass is 9.80. The van der Waals surface area contributed by atoms with Gasteiger partial charge < -0.3 is 15.0 Å². The number of ether oxygens (including phenoxy) is 1. The number of methoxy groups -OCH3 is 1. The predicted octanol–water partition coefficient (Wildman–Crippen LogP) is 5.42. The average molecular weight is 482 g/mol. The Hall–Kier alpha value is -2.24. The van der Waals surface area contributed by atoms with Crippen LogP contribution < -0.4 is 15.0 Å². The summed E-state index contributed by atoms with van der Waals surface area (Å²) in [7, 11) is 1.69. The molecular formula is C28H36ClN3O2. The molecule has 2 fully saturated rings. The quantitative estimate of drug-likeness (QED) is 0.597. The molecule has 2 atom stereocenters. The number of hydrogen-bond acceptors (Lipinski definition) is 5. The molecule has 1 aliphatic carbocycles. The molecule has 2 heterocycles. The van der Waals surface area contributed by atoms with E-state index in [1.165, 1.54) is 30.5 Å². The van der Waals surface area contributed by atoms with Crippen LogP contribution in [0.4, 0.5) is 11.4 Å². The third kappa shape index (κ3) is 4.92. The molecule has 1 saturated carbocycles. The number of hydrogen-bond donors (Lipinski definition) is 1. The van der Waals surface area contributed by atoms with Crippen molar-refractivity contribution >= 4 is 28.8 Å². The number of piperazine rings is 1. The normalized spacial score (nSPS) is 22.5. The lowest BCUT2D eigenvalue weighted by molar-refractivity contribution is -0.130. The van der Waals surface area contributed by atoms with Crippen LogP contribution in [-0.2, 0) is 11.2 Å². The first kappa shape index (κ1) is 23.5. The van der Waals surface area contributed by atoms with Gasteiger partial charge in [0.15, 0.2) is 5.78 Å². The summed E-state index contributed by atoms with van der Waals surface area (Å²) in [4.78, 5) is 18.8. The molecule has 2 aliphatic heterocycles. The number of carbonyl (C=O) groups excluding carboxylic acids is 1. The van der Waals surface area contributed by atoms with Crippen molar-refractivity contribution in [2.75, 3.05) is 43.5 Å². The number of fused-ring (bicyclic) bond motifs is 1. The Labute approximate surface area is 208 Å². The molecule has 0 radical (unpaired) electrons. The summed E-state index contributed by atoms with van der Waals surface area (Å²) in [6.07, 6.45) is 7.80. The molecule has 5 rings (SSSR count). The Kier molecular flexibility index (Phi) is 7.31. The number of nitrogens with zero attached hydrogens (tertiary/aromatic N) is 2. The highest BCUT2D eigenvalue weighted by Crippen LogP contribution is 2.34. The van der Waals surface area contributed by atoms with E-state index in [1.54, 1.807) is 7.11 Å². The van der Waals surface area contributed by atoms with Crippen molar-refractivity contribution in [1.29, 1.82) is 0 Å². The van der Waals surface area contributed by atoms with Gasteiger partial charge in [0, 0.05) is 54.9 Å². The van der Waals surface area contributed by atoms with Crippen molar-refractivity contribution in [2.24, 2.45) is 5.92 Å². The maximum absolute atomic E-state index is 14.0. The Morgan fingerprint density at radius 3 is 2.56 bits per heavy atom. The second-order valence-electron chi connectivity index (χ2n) is 9.97. The number of Topliss-reactive ketones (excluding diaryl/α,β-unsaturated/α-hetero) is 1. The van der Waals surface area contributed by atoms with E-state index >= 15 is 0 Å². The van der Waals surface area contributed by atoms with Crippen LogP contribution in [0, 0.1) is 5.92 Å². The van der Waals surface area contributed by atoms with Crippen LogP contribution in [0.25, 0.3) is 0 Å². The Morgan fingerprint density at radius 2 is 1.79 bits per heavy atom. The fourth-order valence-electron chi connectivity index (χ4n) is 6.11. The van der Waals surface area contributed by atoms with Crippen LogP contribution in [0.5, 0.6) is 5.75 Å². The molecule has 0 bridgehead atoms. The number of anilines is 2. The summed E-state index contributed by atoms with van der Waals surface area (Å²) in [5.41, 5.74) is 3.64. The van der Waals surface area contributed by atoms with Crippen molar-refractivity contribution in [3.8, 4) is 5.75 Å². The lowest BCUT2D eigenvalue weighted by Gasteiger charge is -2.45. The van der Waals surface area contributed by atoms with Gasteiger partial charge >= 0.3 is 0 Å². The Bertz CT molecular complexity index is 999. The van der Waals surface area contributed by atoms with Crippen molar-refractivity contribution in [1.82, 2.24) is 4.90 Å². The molecule has 6 heteroatoms. The topological polar surface area (TPSA) is 44.8 Å². The first-order chi connectivity index (χ1) is 16.6. The van der Waals surface area contributed by atoms with Gasteiger partial charge in [-0.3, -0.25) is 9.69 Å². The number of halogens is 1. The molecule has 0 aromatic heterocycles. The minimum Gasteiger partial charge on any atom is -0.495 e. The maximum atomic E-state index is 14.0. The van der Waals surface area contributed by atoms with E-state index in [4.69, 9.17) is 16.3 Å². The minimum atomic E-state index is -0.0641. The van der Waals surface area contributed by atoms with Gasteiger partial charge in [0.2, 0.25) is 0 Å². The molecule has 2 unspecified atom stereocenters. The van der Waals surface area contributed by atoms with E-state index in [2.05, 4.69) is 39.4 Å². The molecule has 1 N–H and O–H groups in total. The molecule has 1 saturated heterocycles. The second kappa shape index (κ2) is 10.6. The molecule has 182 valence electrons. The zero-order valence-corrected chi connectivity index (χ0v) is 20.9. The fraction of sp³-hybridized carbons (Fsp3) is 0.536. The zero-order valence-electron chi connectivity index (χ0n) is 20.1. The summed E-state index contributed by atoms with van der Waals surface area (Å²) in [5.74, 6) is 1.49. The third-order valence-electron chi connectivity index (χ3n) is 7.95. The summed E-state index contributed by atoms with van der Waals surface area (Å²) in [6, 6.07) is 14.5. The van der Waals surface area contributed by atoms with Gasteiger partial charge in [-0.2, -0.15) is 0 Å². The van der Waals surface area contributed by atoms with Gasteiger partial charge in [0.05, 0.1) is 18.8 Å². The highest BCUT2D eigenvalue weighted by molar-refractivity contribution is 6.30. The first-order valence-corrected chi connectivity index (χ1v) is 13.2. The van der Waals surface area contributed by atoms with E-state index in [0.717, 1.165) is 63.3 Å². The summed E-state index contributed by atoms with van der Waals surface area (Å²) >= 11 is 6.18. The van der Waals surface area contributed by atoms with Crippen LogP contribution in [0.3, 0.4) is 0 Å². The van der Waals surface area contributed by atoms with Crippen molar-refractivity contribution in [3.63, 3.8) is 0 Å². The van der Waals surface area contributed by atoms with Crippen molar-refractivity contribution in [2.45, 2.75) is 57.0 Å². The van der Waals surface area contributed by atoms with Crippen LogP contribution in [-0.4, -0.2) is 56.1 Å². The van der Waals surface area contributed by atoms with E-state index in [-0.39, 0.29) is 18.0 Å². The van der Waals surface area contributed by atoms with E-state index in [0.29, 0.717) is 10.8 Å². The fourth-order valence-corrected chi connectivity index (χ4v) is 6.28. The number of nitrogens with one attached hydrogen (secondary N) is 1. The average Bonchev–Trinajstić information content (AvgIpc) is 2.89. The van der Waals surface area contributed by atoms with Crippen LogP contribution >= 0.6 is 11.6 Å². The van der Waals surface area contributed by atoms with Crippen molar-refractivity contribution < 1.29 is 9.53 Å². The standard InChI is InChI=1S/C28H36ClN3O2/c1-34-26-19-22(29)12-14-25(26)31-15-17-32(18-16-31)27(28(33)21-8-3-2-4-9-21)24-13-11-20-7-5-6-10-23(20)30-24/h5-7,10,12,14,19,21,24,27,30H,2-4,8-9,11,13,15-18H2,1H3. The van der Waals surface area contributed by atoms with Crippen LogP contribution in [0.1, 0.15) is 44.1 Å². The number of para-hydroxylation sites is 1. The zero-order chi connectivity index (χ0) is 23.5. The Balaban J connectivity index is 1.34. The molecule has 0 spiro atoms. The second-order valence-corrected chi connectivity index (χ2v) is 10.4. The smallest absolute Gasteiger partial charge is 0.155 e. The number of rotatable bonds is 6. The monoisotopic (exact) mass is 481 g/mol. The number of carbonyl (C=O) groups is 1. The molecule has 2 aromatic carbocycles. The number of benzene rings is 2. The molecule has 5 nitrogen and oxygen atoms in total. The molecule has 2 aromatic rings. The van der Waals surface area contributed by atoms with Gasteiger partial charge in [-0.25, -0.2) is 0 Å². The van der Waals surface area contributed by atoms with Crippen LogP contribution in [0.2, 0.25) is 5.02 Å². The van der Waals surface area contributed by atoms with Crippen LogP contribution in [0.15, 0.2) is 42.5 Å². The minimum absolute atomic E-state index is 0.0641. The third-order valence-corrected chi connectivity index (χ3v) is 8.19. The van der Waals surface area contributed by atoms with E-state index in [9.17, 15) is 4.79 Å². The lowest BCUT2D eigenvalue weighted by Crippen LogP contribution is -2.60. The molecule has 34 heavy (non-hydrogen) atoms.